The first-order valence-corrected chi connectivity index (χ1v) is 8.09. The van der Waals surface area contributed by atoms with Gasteiger partial charge < -0.3 is 9.88 Å². The largest absolute Gasteiger partial charge is 0.335 e. The van der Waals surface area contributed by atoms with Gasteiger partial charge in [-0.2, -0.15) is 0 Å². The standard InChI is InChI=1S/C17H20N4O3/c1-11-9-12(6-7-18-11)4-5-13-3-2-8-21(13)16(23)14-10-19-17(24)20-15(14)22/h6-7,9-10,13H,2-5,8H2,1H3,(H2,19,20,22,24)/t13-/m1/s1. The quantitative estimate of drug-likeness (QED) is 0.875. The Bertz CT molecular complexity index is 855. The highest BCUT2D eigenvalue weighted by atomic mass is 16.2. The lowest BCUT2D eigenvalue weighted by molar-refractivity contribution is 0.0728. The maximum absolute atomic E-state index is 12.6. The molecule has 24 heavy (non-hydrogen) atoms. The van der Waals surface area contributed by atoms with E-state index in [0.29, 0.717) is 6.54 Å². The summed E-state index contributed by atoms with van der Waals surface area (Å²) in [5.41, 5.74) is 0.915. The topological polar surface area (TPSA) is 98.9 Å². The molecule has 2 N–H and O–H groups in total. The van der Waals surface area contributed by atoms with Crippen LogP contribution in [-0.4, -0.2) is 38.3 Å². The van der Waals surface area contributed by atoms with E-state index in [1.807, 2.05) is 19.1 Å². The van der Waals surface area contributed by atoms with Crippen LogP contribution >= 0.6 is 0 Å². The molecule has 0 radical (unpaired) electrons. The zero-order valence-electron chi connectivity index (χ0n) is 13.5. The van der Waals surface area contributed by atoms with Gasteiger partial charge in [-0.15, -0.1) is 0 Å². The molecule has 7 heteroatoms. The lowest BCUT2D eigenvalue weighted by Crippen LogP contribution is -2.40. The number of carbonyl (C=O) groups excluding carboxylic acids is 1. The Morgan fingerprint density at radius 1 is 1.42 bits per heavy atom. The van der Waals surface area contributed by atoms with Crippen molar-refractivity contribution in [2.45, 2.75) is 38.6 Å². The molecule has 0 aliphatic carbocycles. The number of amides is 1. The molecular weight excluding hydrogens is 308 g/mol. The Hall–Kier alpha value is -2.70. The van der Waals surface area contributed by atoms with Gasteiger partial charge in [0, 0.05) is 30.7 Å². The van der Waals surface area contributed by atoms with Gasteiger partial charge in [0.25, 0.3) is 11.5 Å². The first kappa shape index (κ1) is 16.2. The van der Waals surface area contributed by atoms with E-state index >= 15 is 0 Å². The second-order valence-corrected chi connectivity index (χ2v) is 6.12. The molecular formula is C17H20N4O3. The maximum atomic E-state index is 12.6. The number of likely N-dealkylation sites (tertiary alicyclic amines) is 1. The normalized spacial score (nSPS) is 17.2. The summed E-state index contributed by atoms with van der Waals surface area (Å²) in [5.74, 6) is -0.319. The molecule has 0 spiro atoms. The summed E-state index contributed by atoms with van der Waals surface area (Å²) in [6.07, 6.45) is 6.55. The molecule has 0 aromatic carbocycles. The monoisotopic (exact) mass is 328 g/mol. The predicted molar refractivity (Wildman–Crippen MR) is 89.0 cm³/mol. The number of nitrogens with one attached hydrogen (secondary N) is 2. The van der Waals surface area contributed by atoms with Gasteiger partial charge in [0.15, 0.2) is 0 Å². The third kappa shape index (κ3) is 3.45. The number of hydrogen-bond acceptors (Lipinski definition) is 4. The van der Waals surface area contributed by atoms with E-state index < -0.39 is 11.2 Å². The molecule has 1 saturated heterocycles. The van der Waals surface area contributed by atoms with Gasteiger partial charge in [0.05, 0.1) is 0 Å². The molecule has 2 aromatic rings. The molecule has 1 amide bonds. The molecule has 0 bridgehead atoms. The van der Waals surface area contributed by atoms with Crippen molar-refractivity contribution < 1.29 is 4.79 Å². The second kappa shape index (κ2) is 6.82. The first-order chi connectivity index (χ1) is 11.5. The Balaban J connectivity index is 1.72. The fourth-order valence-corrected chi connectivity index (χ4v) is 3.22. The molecule has 126 valence electrons. The third-order valence-electron chi connectivity index (χ3n) is 4.41. The summed E-state index contributed by atoms with van der Waals surface area (Å²) in [7, 11) is 0. The molecule has 1 aliphatic rings. The first-order valence-electron chi connectivity index (χ1n) is 8.09. The molecule has 0 unspecified atom stereocenters. The molecule has 3 rings (SSSR count). The van der Waals surface area contributed by atoms with Crippen LogP contribution < -0.4 is 11.2 Å². The summed E-state index contributed by atoms with van der Waals surface area (Å²) < 4.78 is 0. The second-order valence-electron chi connectivity index (χ2n) is 6.12. The number of H-pyrrole nitrogens is 2. The van der Waals surface area contributed by atoms with Crippen molar-refractivity contribution in [2.75, 3.05) is 6.54 Å². The summed E-state index contributed by atoms with van der Waals surface area (Å²) in [4.78, 5) is 46.0. The van der Waals surface area contributed by atoms with Crippen molar-refractivity contribution in [3.05, 3.63) is 62.2 Å². The predicted octanol–water partition coefficient (Wildman–Crippen LogP) is 1.00. The minimum absolute atomic E-state index is 0.0127. The van der Waals surface area contributed by atoms with Crippen LogP contribution in [0.3, 0.4) is 0 Å². The van der Waals surface area contributed by atoms with E-state index in [1.54, 1.807) is 11.1 Å². The average molecular weight is 328 g/mol. The number of pyridine rings is 1. The highest BCUT2D eigenvalue weighted by Crippen LogP contribution is 2.23. The van der Waals surface area contributed by atoms with Crippen LogP contribution in [0.5, 0.6) is 0 Å². The number of hydrogen-bond donors (Lipinski definition) is 2. The van der Waals surface area contributed by atoms with Crippen molar-refractivity contribution in [2.24, 2.45) is 0 Å². The van der Waals surface area contributed by atoms with Gasteiger partial charge in [0.1, 0.15) is 5.56 Å². The highest BCUT2D eigenvalue weighted by Gasteiger charge is 2.30. The Morgan fingerprint density at radius 3 is 3.00 bits per heavy atom. The van der Waals surface area contributed by atoms with E-state index in [4.69, 9.17) is 0 Å². The van der Waals surface area contributed by atoms with Crippen LogP contribution in [0.1, 0.15) is 40.9 Å². The SMILES string of the molecule is Cc1cc(CC[C@H]2CCCN2C(=O)c2c[nH]c(=O)[nH]c2=O)ccn1. The molecule has 1 atom stereocenters. The van der Waals surface area contributed by atoms with Gasteiger partial charge >= 0.3 is 5.69 Å². The van der Waals surface area contributed by atoms with Crippen LogP contribution in [-0.2, 0) is 6.42 Å². The number of aryl methyl sites for hydroxylation is 2. The number of carbonyl (C=O) groups is 1. The Labute approximate surface area is 138 Å². The average Bonchev–Trinajstić information content (AvgIpc) is 3.01. The van der Waals surface area contributed by atoms with Crippen molar-refractivity contribution in [1.29, 1.82) is 0 Å². The van der Waals surface area contributed by atoms with E-state index in [-0.39, 0.29) is 17.5 Å². The van der Waals surface area contributed by atoms with Crippen LogP contribution in [0.2, 0.25) is 0 Å². The highest BCUT2D eigenvalue weighted by molar-refractivity contribution is 5.93. The van der Waals surface area contributed by atoms with Gasteiger partial charge in [-0.1, -0.05) is 0 Å². The van der Waals surface area contributed by atoms with E-state index in [2.05, 4.69) is 15.0 Å². The summed E-state index contributed by atoms with van der Waals surface area (Å²) in [6.45, 7) is 2.59. The maximum Gasteiger partial charge on any atom is 0.325 e. The summed E-state index contributed by atoms with van der Waals surface area (Å²) >= 11 is 0. The van der Waals surface area contributed by atoms with Crippen molar-refractivity contribution in [1.82, 2.24) is 19.9 Å². The lowest BCUT2D eigenvalue weighted by Gasteiger charge is -2.24. The van der Waals surface area contributed by atoms with E-state index in [0.717, 1.165) is 31.4 Å². The molecule has 1 fully saturated rings. The minimum Gasteiger partial charge on any atom is -0.335 e. The van der Waals surface area contributed by atoms with Gasteiger partial charge in [0.2, 0.25) is 0 Å². The molecule has 2 aromatic heterocycles. The Kier molecular flexibility index (Phi) is 4.59. The summed E-state index contributed by atoms with van der Waals surface area (Å²) in [6, 6.07) is 4.14. The van der Waals surface area contributed by atoms with Crippen molar-refractivity contribution in [3.8, 4) is 0 Å². The third-order valence-corrected chi connectivity index (χ3v) is 4.41. The van der Waals surface area contributed by atoms with Crippen molar-refractivity contribution in [3.63, 3.8) is 0 Å². The number of aromatic nitrogens is 3. The fraction of sp³-hybridized carbons (Fsp3) is 0.412. The summed E-state index contributed by atoms with van der Waals surface area (Å²) in [5, 5.41) is 0. The van der Waals surface area contributed by atoms with Crippen molar-refractivity contribution >= 4 is 5.91 Å². The van der Waals surface area contributed by atoms with E-state index in [1.165, 1.54) is 11.8 Å². The fourth-order valence-electron chi connectivity index (χ4n) is 3.22. The van der Waals surface area contributed by atoms with Crippen LogP contribution in [0.15, 0.2) is 34.1 Å². The van der Waals surface area contributed by atoms with Crippen LogP contribution in [0.4, 0.5) is 0 Å². The van der Waals surface area contributed by atoms with Gasteiger partial charge in [-0.3, -0.25) is 19.6 Å². The minimum atomic E-state index is -0.640. The zero-order valence-corrected chi connectivity index (χ0v) is 13.5. The lowest BCUT2D eigenvalue weighted by atomic mass is 10.0. The van der Waals surface area contributed by atoms with Crippen LogP contribution in [0, 0.1) is 6.92 Å². The van der Waals surface area contributed by atoms with Gasteiger partial charge in [-0.05, 0) is 50.3 Å². The van der Waals surface area contributed by atoms with Crippen LogP contribution in [0.25, 0.3) is 0 Å². The molecule has 0 saturated carbocycles. The number of aromatic amines is 2. The zero-order chi connectivity index (χ0) is 17.1. The molecule has 1 aliphatic heterocycles. The molecule has 7 nitrogen and oxygen atoms in total. The Morgan fingerprint density at radius 2 is 2.25 bits per heavy atom. The smallest absolute Gasteiger partial charge is 0.325 e. The number of rotatable bonds is 4. The number of nitrogens with zero attached hydrogens (tertiary/aromatic N) is 2. The van der Waals surface area contributed by atoms with Gasteiger partial charge in [-0.25, -0.2) is 4.79 Å². The van der Waals surface area contributed by atoms with E-state index in [9.17, 15) is 14.4 Å². The molecule has 3 heterocycles.